The maximum absolute atomic E-state index is 11.8. The fraction of sp³-hybridized carbons (Fsp3) is 0.385. The Morgan fingerprint density at radius 2 is 1.89 bits per heavy atom. The minimum Gasteiger partial charge on any atom is -0.357 e. The fourth-order valence-corrected chi connectivity index (χ4v) is 2.01. The van der Waals surface area contributed by atoms with Gasteiger partial charge in [-0.1, -0.05) is 12.1 Å². The first kappa shape index (κ1) is 14.6. The molecule has 0 aliphatic carbocycles. The van der Waals surface area contributed by atoms with Crippen LogP contribution in [0.5, 0.6) is 0 Å². The summed E-state index contributed by atoms with van der Waals surface area (Å²) in [6, 6.07) is 6.87. The lowest BCUT2D eigenvalue weighted by atomic mass is 10.1. The van der Waals surface area contributed by atoms with Crippen LogP contribution >= 0.6 is 11.8 Å². The number of carbonyl (C=O) groups is 2. The number of amides is 2. The van der Waals surface area contributed by atoms with Gasteiger partial charge in [-0.25, -0.2) is 0 Å². The predicted octanol–water partition coefficient (Wildman–Crippen LogP) is 1.41. The van der Waals surface area contributed by atoms with Gasteiger partial charge in [0.1, 0.15) is 6.04 Å². The lowest BCUT2D eigenvalue weighted by Crippen LogP contribution is -2.43. The van der Waals surface area contributed by atoms with Crippen molar-refractivity contribution >= 4 is 23.6 Å². The average Bonchev–Trinajstić information content (AvgIpc) is 2.38. The predicted molar refractivity (Wildman–Crippen MR) is 74.7 cm³/mol. The number of thioether (sulfide) groups is 1. The van der Waals surface area contributed by atoms with Crippen LogP contribution in [0.1, 0.15) is 22.8 Å². The number of rotatable bonds is 5. The molecular weight excluding hydrogens is 248 g/mol. The Balaban J connectivity index is 2.64. The Morgan fingerprint density at radius 1 is 1.28 bits per heavy atom. The maximum atomic E-state index is 11.8. The van der Waals surface area contributed by atoms with E-state index < -0.39 is 6.04 Å². The summed E-state index contributed by atoms with van der Waals surface area (Å²) < 4.78 is 0. The fourth-order valence-electron chi connectivity index (χ4n) is 1.48. The molecule has 0 bridgehead atoms. The van der Waals surface area contributed by atoms with Gasteiger partial charge in [0, 0.05) is 18.4 Å². The molecule has 18 heavy (non-hydrogen) atoms. The molecule has 0 saturated carbocycles. The smallest absolute Gasteiger partial charge is 0.251 e. The maximum Gasteiger partial charge on any atom is 0.251 e. The van der Waals surface area contributed by atoms with Gasteiger partial charge in [0.25, 0.3) is 5.91 Å². The second-order valence-electron chi connectivity index (χ2n) is 3.94. The first-order valence-corrected chi connectivity index (χ1v) is 7.08. The summed E-state index contributed by atoms with van der Waals surface area (Å²) in [5.41, 5.74) is 1.74. The van der Waals surface area contributed by atoms with E-state index in [1.54, 1.807) is 37.9 Å². The Morgan fingerprint density at radius 3 is 2.39 bits per heavy atom. The Labute approximate surface area is 112 Å². The molecule has 1 rings (SSSR count). The van der Waals surface area contributed by atoms with Crippen molar-refractivity contribution in [2.45, 2.75) is 18.7 Å². The molecule has 4 nitrogen and oxygen atoms in total. The monoisotopic (exact) mass is 266 g/mol. The van der Waals surface area contributed by atoms with E-state index in [0.717, 1.165) is 5.75 Å². The van der Waals surface area contributed by atoms with Gasteiger partial charge < -0.3 is 10.6 Å². The van der Waals surface area contributed by atoms with Crippen LogP contribution in [0.15, 0.2) is 24.3 Å². The Kier molecular flexibility index (Phi) is 5.71. The van der Waals surface area contributed by atoms with Crippen LogP contribution in [0.4, 0.5) is 0 Å². The molecule has 0 unspecified atom stereocenters. The second kappa shape index (κ2) is 7.06. The normalized spacial score (nSPS) is 11.7. The van der Waals surface area contributed by atoms with Crippen molar-refractivity contribution in [1.82, 2.24) is 10.6 Å². The highest BCUT2D eigenvalue weighted by atomic mass is 32.2. The number of hydrogen-bond donors (Lipinski definition) is 2. The van der Waals surface area contributed by atoms with E-state index in [1.165, 1.54) is 5.56 Å². The number of likely N-dealkylation sites (N-methyl/N-ethyl adjacent to an activating group) is 1. The number of carbonyl (C=O) groups excluding carboxylic acids is 2. The molecule has 1 atom stereocenters. The van der Waals surface area contributed by atoms with Crippen molar-refractivity contribution in [2.75, 3.05) is 13.3 Å². The summed E-state index contributed by atoms with van der Waals surface area (Å²) in [6.45, 7) is 1.65. The molecule has 0 heterocycles. The van der Waals surface area contributed by atoms with Crippen molar-refractivity contribution < 1.29 is 9.59 Å². The third-order valence-corrected chi connectivity index (χ3v) is 3.14. The van der Waals surface area contributed by atoms with Gasteiger partial charge in [-0.2, -0.15) is 11.8 Å². The molecular formula is C13H18N2O2S. The van der Waals surface area contributed by atoms with Crippen LogP contribution in [0.25, 0.3) is 0 Å². The highest BCUT2D eigenvalue weighted by Crippen LogP contribution is 2.10. The molecule has 0 spiro atoms. The number of benzene rings is 1. The lowest BCUT2D eigenvalue weighted by Gasteiger charge is -2.12. The Hall–Kier alpha value is -1.49. The van der Waals surface area contributed by atoms with Crippen LogP contribution in [-0.2, 0) is 10.5 Å². The minimum absolute atomic E-state index is 0.206. The highest BCUT2D eigenvalue weighted by Gasteiger charge is 2.14. The molecule has 0 aliphatic heterocycles. The van der Waals surface area contributed by atoms with Crippen LogP contribution in [0.3, 0.4) is 0 Å². The number of nitrogens with one attached hydrogen (secondary N) is 2. The van der Waals surface area contributed by atoms with Crippen LogP contribution in [0.2, 0.25) is 0 Å². The molecule has 0 aliphatic rings. The van der Waals surface area contributed by atoms with E-state index in [0.29, 0.717) is 5.56 Å². The van der Waals surface area contributed by atoms with Crippen molar-refractivity contribution in [3.63, 3.8) is 0 Å². The van der Waals surface area contributed by atoms with Gasteiger partial charge in [0.15, 0.2) is 0 Å². The van der Waals surface area contributed by atoms with Gasteiger partial charge in [-0.3, -0.25) is 9.59 Å². The van der Waals surface area contributed by atoms with E-state index in [-0.39, 0.29) is 11.8 Å². The van der Waals surface area contributed by atoms with Crippen molar-refractivity contribution in [1.29, 1.82) is 0 Å². The summed E-state index contributed by atoms with van der Waals surface area (Å²) in [4.78, 5) is 23.1. The second-order valence-corrected chi connectivity index (χ2v) is 4.81. The summed E-state index contributed by atoms with van der Waals surface area (Å²) in [5.74, 6) is 0.487. The summed E-state index contributed by atoms with van der Waals surface area (Å²) in [7, 11) is 1.54. The van der Waals surface area contributed by atoms with Gasteiger partial charge in [0.2, 0.25) is 5.91 Å². The average molecular weight is 266 g/mol. The summed E-state index contributed by atoms with van der Waals surface area (Å²) in [5, 5.41) is 5.13. The first-order valence-electron chi connectivity index (χ1n) is 5.68. The Bertz CT molecular complexity index is 418. The third-order valence-electron chi connectivity index (χ3n) is 2.51. The molecule has 1 aromatic rings. The van der Waals surface area contributed by atoms with Crippen LogP contribution in [0, 0.1) is 0 Å². The molecule has 0 aromatic heterocycles. The first-order chi connectivity index (χ1) is 8.58. The van der Waals surface area contributed by atoms with Crippen molar-refractivity contribution in [3.8, 4) is 0 Å². The van der Waals surface area contributed by atoms with E-state index in [4.69, 9.17) is 0 Å². The standard InChI is InChI=1S/C13H18N2O2S/c1-9(12(16)14-2)15-13(17)11-6-4-10(5-7-11)8-18-3/h4-7,9H,8H2,1-3H3,(H,14,16)(H,15,17)/t9-/m1/s1. The van der Waals surface area contributed by atoms with Crippen LogP contribution < -0.4 is 10.6 Å². The van der Waals surface area contributed by atoms with Crippen molar-refractivity contribution in [2.24, 2.45) is 0 Å². The zero-order chi connectivity index (χ0) is 13.5. The molecule has 2 N–H and O–H groups in total. The molecule has 0 fully saturated rings. The van der Waals surface area contributed by atoms with Gasteiger partial charge in [-0.15, -0.1) is 0 Å². The highest BCUT2D eigenvalue weighted by molar-refractivity contribution is 7.97. The zero-order valence-electron chi connectivity index (χ0n) is 10.8. The minimum atomic E-state index is -0.534. The van der Waals surface area contributed by atoms with E-state index >= 15 is 0 Å². The van der Waals surface area contributed by atoms with Crippen LogP contribution in [-0.4, -0.2) is 31.2 Å². The molecule has 98 valence electrons. The SMILES string of the molecule is CNC(=O)[C@@H](C)NC(=O)c1ccc(CSC)cc1. The summed E-state index contributed by atoms with van der Waals surface area (Å²) >= 11 is 1.73. The number of hydrogen-bond acceptors (Lipinski definition) is 3. The van der Waals surface area contributed by atoms with Gasteiger partial charge >= 0.3 is 0 Å². The molecule has 5 heteroatoms. The quantitative estimate of drug-likeness (QED) is 0.847. The molecule has 0 saturated heterocycles. The molecule has 1 aromatic carbocycles. The van der Waals surface area contributed by atoms with Crippen molar-refractivity contribution in [3.05, 3.63) is 35.4 Å². The molecule has 2 amide bonds. The van der Waals surface area contributed by atoms with Gasteiger partial charge in [-0.05, 0) is 30.9 Å². The topological polar surface area (TPSA) is 58.2 Å². The van der Waals surface area contributed by atoms with Gasteiger partial charge in [0.05, 0.1) is 0 Å². The zero-order valence-corrected chi connectivity index (χ0v) is 11.6. The molecule has 0 radical (unpaired) electrons. The lowest BCUT2D eigenvalue weighted by molar-refractivity contribution is -0.122. The van der Waals surface area contributed by atoms with E-state index in [1.807, 2.05) is 18.4 Å². The van der Waals surface area contributed by atoms with E-state index in [9.17, 15) is 9.59 Å². The third kappa shape index (κ3) is 4.07. The van der Waals surface area contributed by atoms with E-state index in [2.05, 4.69) is 10.6 Å². The summed E-state index contributed by atoms with van der Waals surface area (Å²) in [6.07, 6.45) is 2.03. The largest absolute Gasteiger partial charge is 0.357 e.